The van der Waals surface area contributed by atoms with Gasteiger partial charge in [0, 0.05) is 23.4 Å². The molecule has 4 atom stereocenters. The van der Waals surface area contributed by atoms with E-state index >= 15 is 0 Å². The van der Waals surface area contributed by atoms with Crippen LogP contribution in [0.2, 0.25) is 5.02 Å². The van der Waals surface area contributed by atoms with Gasteiger partial charge < -0.3 is 19.1 Å². The van der Waals surface area contributed by atoms with Gasteiger partial charge >= 0.3 is 6.09 Å². The molecule has 1 aliphatic heterocycles. The van der Waals surface area contributed by atoms with Gasteiger partial charge in [-0.2, -0.15) is 0 Å². The van der Waals surface area contributed by atoms with Crippen LogP contribution in [0.1, 0.15) is 44.2 Å². The van der Waals surface area contributed by atoms with Crippen molar-refractivity contribution in [3.8, 4) is 0 Å². The summed E-state index contributed by atoms with van der Waals surface area (Å²) in [7, 11) is 0. The average molecular weight is 583 g/mol. The van der Waals surface area contributed by atoms with Crippen LogP contribution in [0.3, 0.4) is 0 Å². The third-order valence-corrected chi connectivity index (χ3v) is 8.52. The summed E-state index contributed by atoms with van der Waals surface area (Å²) >= 11 is 12.3. The maximum atomic E-state index is 12.9. The Hall–Kier alpha value is -2.57. The first-order valence-electron chi connectivity index (χ1n) is 14.0. The van der Waals surface area contributed by atoms with Crippen LogP contribution in [0.25, 0.3) is 0 Å². The second-order valence-corrected chi connectivity index (χ2v) is 12.2. The van der Waals surface area contributed by atoms with E-state index in [1.807, 2.05) is 54.6 Å². The molecule has 1 amide bonds. The molecule has 2 unspecified atom stereocenters. The van der Waals surface area contributed by atoms with E-state index in [2.05, 4.69) is 37.3 Å². The van der Waals surface area contributed by atoms with Gasteiger partial charge in [0.2, 0.25) is 0 Å². The second kappa shape index (κ2) is 12.5. The van der Waals surface area contributed by atoms with Crippen LogP contribution in [0.5, 0.6) is 0 Å². The smallest absolute Gasteiger partial charge is 0.411 e. The molecular weight excluding hydrogens is 545 g/mol. The molecule has 0 aromatic heterocycles. The maximum absolute atomic E-state index is 12.9. The fraction of sp³-hybridized carbons (Fsp3) is 0.424. The van der Waals surface area contributed by atoms with Crippen molar-refractivity contribution in [3.05, 3.63) is 107 Å². The molecule has 0 N–H and O–H groups in total. The number of likely N-dealkylation sites (tertiary alicyclic amines) is 1. The number of piperidine rings is 1. The zero-order valence-electron chi connectivity index (χ0n) is 23.1. The number of halogens is 2. The lowest BCUT2D eigenvalue weighted by molar-refractivity contribution is -0.180. The molecule has 0 radical (unpaired) electrons. The van der Waals surface area contributed by atoms with Gasteiger partial charge in [0.1, 0.15) is 11.7 Å². The fourth-order valence-corrected chi connectivity index (χ4v) is 5.81. The summed E-state index contributed by atoms with van der Waals surface area (Å²) in [5.74, 6) is 0.713. The number of alkyl halides is 1. The topological polar surface area (TPSA) is 48.0 Å². The molecule has 1 saturated carbocycles. The first-order chi connectivity index (χ1) is 19.3. The van der Waals surface area contributed by atoms with Gasteiger partial charge in [-0.3, -0.25) is 0 Å². The first-order valence-corrected chi connectivity index (χ1v) is 14.8. The van der Waals surface area contributed by atoms with E-state index in [9.17, 15) is 4.79 Å². The molecule has 2 fully saturated rings. The molecule has 212 valence electrons. The molecule has 40 heavy (non-hydrogen) atoms. The minimum absolute atomic E-state index is 0.0820. The largest absolute Gasteiger partial charge is 0.430 e. The second-order valence-electron chi connectivity index (χ2n) is 11.2. The lowest BCUT2D eigenvalue weighted by Gasteiger charge is -2.47. The normalized spacial score (nSPS) is 27.1. The molecule has 5 nitrogen and oxygen atoms in total. The average Bonchev–Trinajstić information content (AvgIpc) is 3.81. The number of benzene rings is 2. The summed E-state index contributed by atoms with van der Waals surface area (Å²) in [6.07, 6.45) is 13.2. The number of carbonyl (C=O) groups excluding carboxylic acids is 1. The van der Waals surface area contributed by atoms with E-state index in [-0.39, 0.29) is 5.41 Å². The van der Waals surface area contributed by atoms with E-state index in [0.717, 1.165) is 16.7 Å². The Kier molecular flexibility index (Phi) is 9.06. The highest BCUT2D eigenvalue weighted by Gasteiger charge is 2.48. The summed E-state index contributed by atoms with van der Waals surface area (Å²) < 4.78 is 18.8. The highest BCUT2D eigenvalue weighted by Crippen LogP contribution is 2.48. The van der Waals surface area contributed by atoms with Crippen molar-refractivity contribution >= 4 is 29.3 Å². The van der Waals surface area contributed by atoms with Crippen molar-refractivity contribution in [3.63, 3.8) is 0 Å². The van der Waals surface area contributed by atoms with Crippen molar-refractivity contribution in [2.45, 2.75) is 57.0 Å². The number of rotatable bonds is 9. The van der Waals surface area contributed by atoms with E-state index in [1.165, 1.54) is 12.8 Å². The Balaban J connectivity index is 1.43. The summed E-state index contributed by atoms with van der Waals surface area (Å²) in [5.41, 5.74) is 1.64. The number of nitrogens with zero attached hydrogens (tertiary/aromatic N) is 1. The minimum atomic E-state index is -0.812. The number of amides is 1. The molecule has 1 heterocycles. The van der Waals surface area contributed by atoms with Crippen LogP contribution < -0.4 is 0 Å². The highest BCUT2D eigenvalue weighted by molar-refractivity contribution is 6.30. The lowest BCUT2D eigenvalue weighted by Crippen LogP contribution is -2.57. The van der Waals surface area contributed by atoms with Crippen LogP contribution >= 0.6 is 23.2 Å². The molecule has 1 saturated heterocycles. The SMILES string of the molecule is CC(Cl)OC(=O)N1CC[C@@](OCC2=CC=CC(C)(C3CC3)C=C2)(c2ccc(Cl)cc2)[C@H](OCc2ccccc2)C1. The van der Waals surface area contributed by atoms with Gasteiger partial charge in [0.05, 0.1) is 19.8 Å². The summed E-state index contributed by atoms with van der Waals surface area (Å²) in [5, 5.41) is 0.650. The number of ether oxygens (including phenoxy) is 3. The summed E-state index contributed by atoms with van der Waals surface area (Å²) in [6.45, 7) is 5.44. The third kappa shape index (κ3) is 6.83. The van der Waals surface area contributed by atoms with Gasteiger partial charge in [0.15, 0.2) is 5.56 Å². The van der Waals surface area contributed by atoms with Crippen LogP contribution in [0.4, 0.5) is 4.79 Å². The number of hydrogen-bond acceptors (Lipinski definition) is 4. The molecule has 2 aliphatic carbocycles. The zero-order chi connectivity index (χ0) is 28.2. The predicted molar refractivity (Wildman–Crippen MR) is 159 cm³/mol. The fourth-order valence-electron chi connectivity index (χ4n) is 5.61. The van der Waals surface area contributed by atoms with Gasteiger partial charge in [-0.25, -0.2) is 4.79 Å². The summed E-state index contributed by atoms with van der Waals surface area (Å²) in [4.78, 5) is 14.5. The number of hydrogen-bond donors (Lipinski definition) is 0. The van der Waals surface area contributed by atoms with Gasteiger partial charge in [-0.05, 0) is 54.5 Å². The summed E-state index contributed by atoms with van der Waals surface area (Å²) in [6, 6.07) is 17.8. The monoisotopic (exact) mass is 581 g/mol. The van der Waals surface area contributed by atoms with E-state index in [1.54, 1.807) is 11.8 Å². The Bertz CT molecular complexity index is 1250. The lowest BCUT2D eigenvalue weighted by atomic mass is 9.81. The minimum Gasteiger partial charge on any atom is -0.430 e. The van der Waals surface area contributed by atoms with Gasteiger partial charge in [0.25, 0.3) is 0 Å². The Morgan fingerprint density at radius 2 is 1.82 bits per heavy atom. The Morgan fingerprint density at radius 1 is 1.07 bits per heavy atom. The standard InChI is InChI=1S/C33H37Cl2NO4/c1-24(34)40-31(37)36-20-19-33(28-12-14-29(35)15-13-28,30(21-36)38-22-25-7-4-3-5-8-25)39-23-26-9-6-17-32(2,18-16-26)27-10-11-27/h3-9,12-18,24,27,30H,10-11,19-23H2,1-2H3/t24?,30-,32?,33-/m1/s1. The maximum Gasteiger partial charge on any atom is 0.411 e. The molecule has 2 aromatic rings. The Morgan fingerprint density at radius 3 is 2.52 bits per heavy atom. The van der Waals surface area contributed by atoms with Crippen molar-refractivity contribution in [2.24, 2.45) is 11.3 Å². The van der Waals surface area contributed by atoms with Crippen molar-refractivity contribution in [1.29, 1.82) is 0 Å². The Labute approximate surface area is 247 Å². The highest BCUT2D eigenvalue weighted by atomic mass is 35.5. The molecule has 3 aliphatic rings. The van der Waals surface area contributed by atoms with Crippen LogP contribution in [-0.2, 0) is 26.4 Å². The van der Waals surface area contributed by atoms with Gasteiger partial charge in [-0.15, -0.1) is 0 Å². The van der Waals surface area contributed by atoms with Crippen LogP contribution in [-0.4, -0.2) is 42.4 Å². The van der Waals surface area contributed by atoms with E-state index in [4.69, 9.17) is 37.4 Å². The molecule has 0 bridgehead atoms. The van der Waals surface area contributed by atoms with Crippen molar-refractivity contribution in [2.75, 3.05) is 19.7 Å². The molecular formula is C33H37Cl2NO4. The van der Waals surface area contributed by atoms with Crippen LogP contribution in [0, 0.1) is 11.3 Å². The third-order valence-electron chi connectivity index (χ3n) is 8.18. The molecule has 0 spiro atoms. The van der Waals surface area contributed by atoms with E-state index < -0.39 is 23.4 Å². The number of carbonyl (C=O) groups is 1. The molecule has 2 aromatic carbocycles. The van der Waals surface area contributed by atoms with E-state index in [0.29, 0.717) is 43.7 Å². The van der Waals surface area contributed by atoms with Gasteiger partial charge in [-0.1, -0.05) is 103 Å². The first kappa shape index (κ1) is 28.9. The quantitative estimate of drug-likeness (QED) is 0.281. The van der Waals surface area contributed by atoms with Crippen molar-refractivity contribution in [1.82, 2.24) is 4.90 Å². The molecule has 7 heteroatoms. The number of allylic oxidation sites excluding steroid dienone is 4. The zero-order valence-corrected chi connectivity index (χ0v) is 24.6. The molecule has 5 rings (SSSR count). The van der Waals surface area contributed by atoms with Crippen LogP contribution in [0.15, 0.2) is 90.6 Å². The van der Waals surface area contributed by atoms with Crippen molar-refractivity contribution < 1.29 is 19.0 Å². The predicted octanol–water partition coefficient (Wildman–Crippen LogP) is 8.03.